The minimum absolute atomic E-state index is 0.110. The number of benzene rings is 3. The summed E-state index contributed by atoms with van der Waals surface area (Å²) in [7, 11) is 1.62. The quantitative estimate of drug-likeness (QED) is 0.657. The second-order valence-corrected chi connectivity index (χ2v) is 7.54. The topological polar surface area (TPSA) is 26.3 Å². The van der Waals surface area contributed by atoms with Gasteiger partial charge in [0.2, 0.25) is 0 Å². The van der Waals surface area contributed by atoms with Gasteiger partial charge >= 0.3 is 0 Å². The summed E-state index contributed by atoms with van der Waals surface area (Å²) in [5.74, 6) is 0.695. The van der Waals surface area contributed by atoms with Gasteiger partial charge in [0.05, 0.1) is 12.7 Å². The Hall–Kier alpha value is -3.13. The molecule has 0 aromatic heterocycles. The van der Waals surface area contributed by atoms with Crippen molar-refractivity contribution in [1.29, 1.82) is 0 Å². The zero-order valence-corrected chi connectivity index (χ0v) is 15.9. The van der Waals surface area contributed by atoms with E-state index in [2.05, 4.69) is 48.6 Å². The van der Waals surface area contributed by atoms with Gasteiger partial charge in [-0.3, -0.25) is 4.79 Å². The predicted octanol–water partition coefficient (Wildman–Crippen LogP) is 3.92. The van der Waals surface area contributed by atoms with Crippen LogP contribution in [0.1, 0.15) is 27.9 Å². The maximum atomic E-state index is 13.2. The standard InChI is InChI=1S/C26H22O2/c1-28-25-9-5-4-8-23(25)26(27)19-11-10-18-13-14-21-20-7-3-2-6-17(20)12-15-22(21)24(18)16-19/h2-9,13-16,19H,10-12H2,1H3. The number of methoxy groups -OCH3 is 1. The molecule has 0 amide bonds. The molecule has 0 saturated heterocycles. The van der Waals surface area contributed by atoms with Gasteiger partial charge in [-0.1, -0.05) is 60.7 Å². The number of hydrogen-bond acceptors (Lipinski definition) is 2. The van der Waals surface area contributed by atoms with Gasteiger partial charge in [0.1, 0.15) is 5.75 Å². The van der Waals surface area contributed by atoms with Gasteiger partial charge in [0, 0.05) is 5.92 Å². The molecule has 1 atom stereocenters. The van der Waals surface area contributed by atoms with Crippen molar-refractivity contribution in [3.8, 4) is 16.9 Å². The molecular formula is C26H22O2. The molecule has 2 aliphatic carbocycles. The van der Waals surface area contributed by atoms with Gasteiger partial charge in [-0.05, 0) is 64.1 Å². The highest BCUT2D eigenvalue weighted by atomic mass is 16.5. The van der Waals surface area contributed by atoms with E-state index in [4.69, 9.17) is 4.74 Å². The number of Topliss-reactive ketones (excluding diaryl/α,β-unsaturated/α-hetero) is 1. The molecule has 0 saturated carbocycles. The Kier molecular flexibility index (Phi) is 4.12. The Bertz CT molecular complexity index is 1200. The summed E-state index contributed by atoms with van der Waals surface area (Å²) in [6, 6.07) is 20.6. The van der Waals surface area contributed by atoms with Crippen LogP contribution in [0.2, 0.25) is 0 Å². The summed E-state index contributed by atoms with van der Waals surface area (Å²) in [6.07, 6.45) is 7.23. The fourth-order valence-electron chi connectivity index (χ4n) is 4.57. The van der Waals surface area contributed by atoms with Crippen molar-refractivity contribution >= 4 is 17.9 Å². The maximum absolute atomic E-state index is 13.2. The summed E-state index contributed by atoms with van der Waals surface area (Å²) >= 11 is 0. The lowest BCUT2D eigenvalue weighted by Crippen LogP contribution is -2.37. The summed E-state index contributed by atoms with van der Waals surface area (Å²) in [5, 5.41) is 2.53. The van der Waals surface area contributed by atoms with Crippen LogP contribution in [0.25, 0.3) is 23.3 Å². The highest BCUT2D eigenvalue weighted by Crippen LogP contribution is 2.27. The number of carbonyl (C=O) groups excluding carboxylic acids is 1. The smallest absolute Gasteiger partial charge is 0.173 e. The Morgan fingerprint density at radius 3 is 2.61 bits per heavy atom. The Balaban J connectivity index is 1.63. The summed E-state index contributed by atoms with van der Waals surface area (Å²) in [5.41, 5.74) is 5.98. The Morgan fingerprint density at radius 2 is 1.71 bits per heavy atom. The van der Waals surface area contributed by atoms with Crippen LogP contribution in [0.4, 0.5) is 0 Å². The third-order valence-electron chi connectivity index (χ3n) is 6.01. The van der Waals surface area contributed by atoms with E-state index in [9.17, 15) is 4.79 Å². The van der Waals surface area contributed by atoms with Gasteiger partial charge in [-0.15, -0.1) is 0 Å². The first kappa shape index (κ1) is 17.0. The number of hydrogen-bond donors (Lipinski definition) is 0. The van der Waals surface area contributed by atoms with Crippen molar-refractivity contribution in [2.75, 3.05) is 7.11 Å². The van der Waals surface area contributed by atoms with Crippen LogP contribution in [-0.4, -0.2) is 12.9 Å². The molecule has 0 heterocycles. The second-order valence-electron chi connectivity index (χ2n) is 7.54. The lowest BCUT2D eigenvalue weighted by Gasteiger charge is -2.22. The van der Waals surface area contributed by atoms with Gasteiger partial charge in [0.25, 0.3) is 0 Å². The van der Waals surface area contributed by atoms with Crippen LogP contribution < -0.4 is 15.2 Å². The molecule has 0 fully saturated rings. The summed E-state index contributed by atoms with van der Waals surface area (Å²) < 4.78 is 5.42. The zero-order valence-electron chi connectivity index (χ0n) is 15.9. The molecule has 2 heteroatoms. The van der Waals surface area contributed by atoms with E-state index < -0.39 is 0 Å². The monoisotopic (exact) mass is 366 g/mol. The second kappa shape index (κ2) is 6.79. The highest BCUT2D eigenvalue weighted by Gasteiger charge is 2.24. The molecule has 28 heavy (non-hydrogen) atoms. The lowest BCUT2D eigenvalue weighted by molar-refractivity contribution is 0.0943. The zero-order chi connectivity index (χ0) is 19.1. The molecule has 0 bridgehead atoms. The van der Waals surface area contributed by atoms with Crippen molar-refractivity contribution in [3.63, 3.8) is 0 Å². The number of para-hydroxylation sites is 1. The Morgan fingerprint density at radius 1 is 0.893 bits per heavy atom. The molecule has 3 aromatic rings. The van der Waals surface area contributed by atoms with E-state index in [0.29, 0.717) is 11.3 Å². The van der Waals surface area contributed by atoms with E-state index in [0.717, 1.165) is 19.3 Å². The van der Waals surface area contributed by atoms with Crippen molar-refractivity contribution in [2.24, 2.45) is 5.92 Å². The molecular weight excluding hydrogens is 344 g/mol. The first-order valence-electron chi connectivity index (χ1n) is 9.85. The van der Waals surface area contributed by atoms with Crippen LogP contribution in [0.3, 0.4) is 0 Å². The molecule has 0 spiro atoms. The SMILES string of the molecule is COc1ccccc1C(=O)C1C=c2c(ccc3c2=CCc2ccccc2-3)CC1. The van der Waals surface area contributed by atoms with Crippen molar-refractivity contribution in [3.05, 3.63) is 87.8 Å². The molecule has 138 valence electrons. The van der Waals surface area contributed by atoms with Crippen LogP contribution in [-0.2, 0) is 12.8 Å². The average Bonchev–Trinajstić information content (AvgIpc) is 2.77. The number of rotatable bonds is 3. The molecule has 0 radical (unpaired) electrons. The molecule has 5 rings (SSSR count). The Labute approximate surface area is 164 Å². The third-order valence-corrected chi connectivity index (χ3v) is 6.01. The molecule has 3 aromatic carbocycles. The number of aryl methyl sites for hydroxylation is 1. The minimum atomic E-state index is -0.110. The largest absolute Gasteiger partial charge is 0.496 e. The van der Waals surface area contributed by atoms with Crippen molar-refractivity contribution in [2.45, 2.75) is 19.3 Å². The van der Waals surface area contributed by atoms with Gasteiger partial charge < -0.3 is 4.74 Å². The first-order valence-corrected chi connectivity index (χ1v) is 9.85. The summed E-state index contributed by atoms with van der Waals surface area (Å²) in [4.78, 5) is 13.2. The van der Waals surface area contributed by atoms with E-state index in [-0.39, 0.29) is 11.7 Å². The van der Waals surface area contributed by atoms with E-state index in [1.54, 1.807) is 7.11 Å². The van der Waals surface area contributed by atoms with Crippen LogP contribution in [0.5, 0.6) is 5.75 Å². The highest BCUT2D eigenvalue weighted by molar-refractivity contribution is 6.03. The van der Waals surface area contributed by atoms with Crippen LogP contribution >= 0.6 is 0 Å². The van der Waals surface area contributed by atoms with E-state index in [1.165, 1.54) is 32.7 Å². The van der Waals surface area contributed by atoms with Crippen molar-refractivity contribution in [1.82, 2.24) is 0 Å². The molecule has 2 nitrogen and oxygen atoms in total. The molecule has 0 N–H and O–H groups in total. The number of fused-ring (bicyclic) bond motifs is 5. The van der Waals surface area contributed by atoms with Crippen molar-refractivity contribution < 1.29 is 9.53 Å². The molecule has 2 aliphatic rings. The maximum Gasteiger partial charge on any atom is 0.173 e. The first-order chi connectivity index (χ1) is 13.8. The fraction of sp³-hybridized carbons (Fsp3) is 0.192. The fourth-order valence-corrected chi connectivity index (χ4v) is 4.57. The third kappa shape index (κ3) is 2.68. The van der Waals surface area contributed by atoms with Crippen LogP contribution in [0.15, 0.2) is 60.7 Å². The van der Waals surface area contributed by atoms with Crippen LogP contribution in [0, 0.1) is 5.92 Å². The molecule has 0 aliphatic heterocycles. The number of ether oxygens (including phenoxy) is 1. The normalized spacial score (nSPS) is 16.7. The van der Waals surface area contributed by atoms with E-state index >= 15 is 0 Å². The minimum Gasteiger partial charge on any atom is -0.496 e. The summed E-state index contributed by atoms with van der Waals surface area (Å²) in [6.45, 7) is 0. The van der Waals surface area contributed by atoms with Gasteiger partial charge in [0.15, 0.2) is 5.78 Å². The average molecular weight is 366 g/mol. The van der Waals surface area contributed by atoms with Gasteiger partial charge in [-0.2, -0.15) is 0 Å². The number of carbonyl (C=O) groups is 1. The molecule has 1 unspecified atom stereocenters. The lowest BCUT2D eigenvalue weighted by atomic mass is 9.82. The van der Waals surface area contributed by atoms with Gasteiger partial charge in [-0.25, -0.2) is 0 Å². The predicted molar refractivity (Wildman–Crippen MR) is 113 cm³/mol. The van der Waals surface area contributed by atoms with E-state index in [1.807, 2.05) is 24.3 Å². The number of ketones is 1.